The lowest BCUT2D eigenvalue weighted by Crippen LogP contribution is -2.48. The summed E-state index contributed by atoms with van der Waals surface area (Å²) in [5.41, 5.74) is 1.84. The summed E-state index contributed by atoms with van der Waals surface area (Å²) in [6, 6.07) is 6.30. The van der Waals surface area contributed by atoms with Gasteiger partial charge < -0.3 is 15.0 Å². The van der Waals surface area contributed by atoms with Gasteiger partial charge in [-0.05, 0) is 64.7 Å². The monoisotopic (exact) mass is 382 g/mol. The molecular formula is C18H27BrN2O2. The largest absolute Gasteiger partial charge is 0.444 e. The van der Waals surface area contributed by atoms with Gasteiger partial charge >= 0.3 is 6.09 Å². The maximum atomic E-state index is 12.4. The highest BCUT2D eigenvalue weighted by atomic mass is 79.9. The Kier molecular flexibility index (Phi) is 5.95. The van der Waals surface area contributed by atoms with Gasteiger partial charge in [0.2, 0.25) is 0 Å². The van der Waals surface area contributed by atoms with Crippen LogP contribution in [0.2, 0.25) is 0 Å². The average Bonchev–Trinajstić information content (AvgIpc) is 2.47. The van der Waals surface area contributed by atoms with E-state index in [1.807, 2.05) is 37.8 Å². The van der Waals surface area contributed by atoms with Crippen LogP contribution in [0.3, 0.4) is 0 Å². The Morgan fingerprint density at radius 2 is 2.13 bits per heavy atom. The van der Waals surface area contributed by atoms with Gasteiger partial charge in [-0.3, -0.25) is 0 Å². The fourth-order valence-corrected chi connectivity index (χ4v) is 3.17. The number of ether oxygens (including phenoxy) is 1. The van der Waals surface area contributed by atoms with E-state index in [0.717, 1.165) is 42.5 Å². The number of carbonyl (C=O) groups is 1. The topological polar surface area (TPSA) is 41.6 Å². The predicted octanol–water partition coefficient (Wildman–Crippen LogP) is 4.96. The van der Waals surface area contributed by atoms with Crippen molar-refractivity contribution in [1.82, 2.24) is 4.90 Å². The summed E-state index contributed by atoms with van der Waals surface area (Å²) in [6.45, 7) is 9.33. The Morgan fingerprint density at radius 3 is 2.83 bits per heavy atom. The van der Waals surface area contributed by atoms with E-state index in [2.05, 4.69) is 34.2 Å². The van der Waals surface area contributed by atoms with Gasteiger partial charge in [0, 0.05) is 23.2 Å². The number of likely N-dealkylation sites (tertiary alicyclic amines) is 1. The van der Waals surface area contributed by atoms with Gasteiger partial charge in [0.25, 0.3) is 0 Å². The van der Waals surface area contributed by atoms with Gasteiger partial charge in [-0.25, -0.2) is 4.79 Å². The number of carbonyl (C=O) groups excluding carboxylic acids is 1. The molecule has 1 aliphatic heterocycles. The first kappa shape index (κ1) is 18.1. The molecule has 128 valence electrons. The first-order chi connectivity index (χ1) is 10.8. The smallest absolute Gasteiger partial charge is 0.410 e. The minimum atomic E-state index is -0.451. The van der Waals surface area contributed by atoms with Crippen LogP contribution in [0, 0.1) is 6.92 Å². The molecule has 0 aliphatic carbocycles. The van der Waals surface area contributed by atoms with Crippen molar-refractivity contribution in [3.05, 3.63) is 28.2 Å². The van der Waals surface area contributed by atoms with Crippen LogP contribution in [-0.4, -0.2) is 35.7 Å². The summed E-state index contributed by atoms with van der Waals surface area (Å²) in [7, 11) is 0. The van der Waals surface area contributed by atoms with Crippen LogP contribution >= 0.6 is 15.9 Å². The zero-order valence-electron chi connectivity index (χ0n) is 14.5. The van der Waals surface area contributed by atoms with E-state index >= 15 is 0 Å². The molecule has 0 radical (unpaired) electrons. The zero-order valence-corrected chi connectivity index (χ0v) is 16.1. The van der Waals surface area contributed by atoms with Crippen LogP contribution in [0.15, 0.2) is 22.7 Å². The Bertz CT molecular complexity index is 554. The van der Waals surface area contributed by atoms with Crippen LogP contribution in [0.5, 0.6) is 0 Å². The number of nitrogens with one attached hydrogen (secondary N) is 1. The highest BCUT2D eigenvalue weighted by molar-refractivity contribution is 9.10. The summed E-state index contributed by atoms with van der Waals surface area (Å²) in [5.74, 6) is 0. The van der Waals surface area contributed by atoms with Crippen molar-refractivity contribution in [2.24, 2.45) is 0 Å². The first-order valence-corrected chi connectivity index (χ1v) is 9.06. The minimum absolute atomic E-state index is 0.178. The molecule has 1 amide bonds. The van der Waals surface area contributed by atoms with Crippen LogP contribution in [-0.2, 0) is 4.74 Å². The molecule has 1 heterocycles. The van der Waals surface area contributed by atoms with Gasteiger partial charge in [-0.1, -0.05) is 22.0 Å². The second-order valence-corrected chi connectivity index (χ2v) is 7.97. The molecule has 1 saturated heterocycles. The normalized spacial score (nSPS) is 18.7. The lowest BCUT2D eigenvalue weighted by molar-refractivity contribution is 0.0114. The minimum Gasteiger partial charge on any atom is -0.444 e. The number of piperidine rings is 1. The molecule has 1 aromatic rings. The van der Waals surface area contributed by atoms with Crippen LogP contribution in [0.1, 0.15) is 45.6 Å². The SMILES string of the molecule is Cc1c(Br)cccc1NCC1CCCCN1C(=O)OC(C)(C)C. The van der Waals surface area contributed by atoms with Crippen LogP contribution in [0.25, 0.3) is 0 Å². The van der Waals surface area contributed by atoms with E-state index in [1.54, 1.807) is 0 Å². The summed E-state index contributed by atoms with van der Waals surface area (Å²) in [5, 5.41) is 3.49. The van der Waals surface area contributed by atoms with Gasteiger partial charge in [0.05, 0.1) is 6.04 Å². The molecule has 1 fully saturated rings. The third-order valence-electron chi connectivity index (χ3n) is 4.05. The number of benzene rings is 1. The van der Waals surface area contributed by atoms with E-state index in [-0.39, 0.29) is 12.1 Å². The summed E-state index contributed by atoms with van der Waals surface area (Å²) >= 11 is 3.56. The third kappa shape index (κ3) is 5.13. The van der Waals surface area contributed by atoms with Crippen molar-refractivity contribution in [3.8, 4) is 0 Å². The van der Waals surface area contributed by atoms with Crippen molar-refractivity contribution in [2.45, 2.75) is 58.6 Å². The van der Waals surface area contributed by atoms with E-state index < -0.39 is 5.60 Å². The van der Waals surface area contributed by atoms with Crippen molar-refractivity contribution < 1.29 is 9.53 Å². The molecule has 1 unspecified atom stereocenters. The Balaban J connectivity index is 2.01. The van der Waals surface area contributed by atoms with E-state index in [4.69, 9.17) is 4.74 Å². The molecule has 5 heteroatoms. The van der Waals surface area contributed by atoms with Gasteiger partial charge in [-0.15, -0.1) is 0 Å². The Morgan fingerprint density at radius 1 is 1.39 bits per heavy atom. The highest BCUT2D eigenvalue weighted by Gasteiger charge is 2.30. The number of hydrogen-bond acceptors (Lipinski definition) is 3. The molecule has 1 aromatic carbocycles. The number of amides is 1. The summed E-state index contributed by atoms with van der Waals surface area (Å²) < 4.78 is 6.65. The Labute approximate surface area is 147 Å². The predicted molar refractivity (Wildman–Crippen MR) is 97.9 cm³/mol. The zero-order chi connectivity index (χ0) is 17.0. The number of anilines is 1. The fourth-order valence-electron chi connectivity index (χ4n) is 2.80. The van der Waals surface area contributed by atoms with Crippen LogP contribution < -0.4 is 5.32 Å². The molecule has 1 N–H and O–H groups in total. The van der Waals surface area contributed by atoms with Gasteiger partial charge in [0.1, 0.15) is 5.60 Å². The van der Waals surface area contributed by atoms with E-state index in [9.17, 15) is 4.79 Å². The lowest BCUT2D eigenvalue weighted by Gasteiger charge is -2.37. The molecular weight excluding hydrogens is 356 g/mol. The quantitative estimate of drug-likeness (QED) is 0.802. The number of nitrogens with zero attached hydrogens (tertiary/aromatic N) is 1. The number of rotatable bonds is 3. The van der Waals surface area contributed by atoms with Crippen molar-refractivity contribution in [2.75, 3.05) is 18.4 Å². The molecule has 2 rings (SSSR count). The standard InChI is InChI=1S/C18H27BrN2O2/c1-13-15(19)9-7-10-16(13)20-12-14-8-5-6-11-21(14)17(22)23-18(2,3)4/h7,9-10,14,20H,5-6,8,11-12H2,1-4H3. The molecule has 0 aromatic heterocycles. The highest BCUT2D eigenvalue weighted by Crippen LogP contribution is 2.25. The average molecular weight is 383 g/mol. The second-order valence-electron chi connectivity index (χ2n) is 7.12. The molecule has 0 bridgehead atoms. The Hall–Kier alpha value is -1.23. The third-order valence-corrected chi connectivity index (χ3v) is 4.91. The fraction of sp³-hybridized carbons (Fsp3) is 0.611. The maximum absolute atomic E-state index is 12.4. The molecule has 1 atom stereocenters. The van der Waals surface area contributed by atoms with E-state index in [1.165, 1.54) is 5.56 Å². The lowest BCUT2D eigenvalue weighted by atomic mass is 10.0. The first-order valence-electron chi connectivity index (χ1n) is 8.26. The van der Waals surface area contributed by atoms with Crippen LogP contribution in [0.4, 0.5) is 10.5 Å². The van der Waals surface area contributed by atoms with Crippen molar-refractivity contribution in [3.63, 3.8) is 0 Å². The molecule has 0 saturated carbocycles. The second kappa shape index (κ2) is 7.56. The molecule has 23 heavy (non-hydrogen) atoms. The maximum Gasteiger partial charge on any atom is 0.410 e. The van der Waals surface area contributed by atoms with E-state index in [0.29, 0.717) is 0 Å². The van der Waals surface area contributed by atoms with Gasteiger partial charge in [-0.2, -0.15) is 0 Å². The summed E-state index contributed by atoms with van der Waals surface area (Å²) in [6.07, 6.45) is 3.02. The summed E-state index contributed by atoms with van der Waals surface area (Å²) in [4.78, 5) is 14.3. The molecule has 4 nitrogen and oxygen atoms in total. The van der Waals surface area contributed by atoms with Crippen molar-refractivity contribution in [1.29, 1.82) is 0 Å². The number of hydrogen-bond donors (Lipinski definition) is 1. The van der Waals surface area contributed by atoms with Crippen molar-refractivity contribution >= 4 is 27.7 Å². The molecule has 0 spiro atoms. The van der Waals surface area contributed by atoms with Gasteiger partial charge in [0.15, 0.2) is 0 Å². The number of halogens is 1. The molecule has 1 aliphatic rings.